The molecule has 0 aliphatic heterocycles. The molecule has 1 N–H and O–H groups in total. The first-order valence-corrected chi connectivity index (χ1v) is 10.3. The number of nitrogens with one attached hydrogen (secondary N) is 1. The van der Waals surface area contributed by atoms with Crippen molar-refractivity contribution in [2.45, 2.75) is 38.0 Å². The van der Waals surface area contributed by atoms with E-state index in [1.54, 1.807) is 23.7 Å². The number of rotatable bonds is 6. The lowest BCUT2D eigenvalue weighted by atomic mass is 9.90. The summed E-state index contributed by atoms with van der Waals surface area (Å²) in [7, 11) is 0. The molecule has 3 aromatic heterocycles. The number of carbonyl (C=O) groups is 1. The molecule has 8 heteroatoms. The first-order chi connectivity index (χ1) is 12.7. The van der Waals surface area contributed by atoms with Crippen molar-refractivity contribution in [3.8, 4) is 10.8 Å². The van der Waals surface area contributed by atoms with E-state index in [0.29, 0.717) is 17.7 Å². The maximum Gasteiger partial charge on any atom is 0.277 e. The molecule has 0 bridgehead atoms. The molecule has 136 valence electrons. The quantitative estimate of drug-likeness (QED) is 0.644. The summed E-state index contributed by atoms with van der Waals surface area (Å²) in [5.74, 6) is 2.11. The Bertz CT molecular complexity index is 886. The van der Waals surface area contributed by atoms with E-state index in [1.807, 2.05) is 6.07 Å². The average Bonchev–Trinajstić information content (AvgIpc) is 3.36. The number of carbonyl (C=O) groups excluding carboxylic acids is 1. The second-order valence-electron chi connectivity index (χ2n) is 6.42. The lowest BCUT2D eigenvalue weighted by molar-refractivity contribution is -0.118. The fraction of sp³-hybridized carbons (Fsp3) is 0.389. The van der Waals surface area contributed by atoms with Crippen molar-refractivity contribution >= 4 is 29.0 Å². The third-order valence-corrected chi connectivity index (χ3v) is 6.36. The van der Waals surface area contributed by atoms with E-state index in [4.69, 9.17) is 8.83 Å². The molecule has 0 spiro atoms. The summed E-state index contributed by atoms with van der Waals surface area (Å²) in [6, 6.07) is 5.78. The number of thioether (sulfide) groups is 1. The zero-order valence-corrected chi connectivity index (χ0v) is 16.0. The van der Waals surface area contributed by atoms with Crippen molar-refractivity contribution < 1.29 is 13.6 Å². The largest absolute Gasteiger partial charge is 0.467 e. The minimum absolute atomic E-state index is 0.105. The topological polar surface area (TPSA) is 81.2 Å². The number of aromatic nitrogens is 2. The lowest BCUT2D eigenvalue weighted by Crippen LogP contribution is -2.24. The van der Waals surface area contributed by atoms with Gasteiger partial charge in [0.1, 0.15) is 5.76 Å². The Morgan fingerprint density at radius 1 is 1.46 bits per heavy atom. The Balaban J connectivity index is 1.32. The number of hydrogen-bond donors (Lipinski definition) is 1. The molecule has 26 heavy (non-hydrogen) atoms. The zero-order valence-electron chi connectivity index (χ0n) is 14.4. The van der Waals surface area contributed by atoms with Crippen LogP contribution in [0.25, 0.3) is 10.8 Å². The molecular formula is C18H19N3O3S2. The molecule has 3 heterocycles. The first kappa shape index (κ1) is 17.4. The van der Waals surface area contributed by atoms with E-state index in [0.717, 1.165) is 29.4 Å². The maximum atomic E-state index is 11.9. The summed E-state index contributed by atoms with van der Waals surface area (Å²) in [6.07, 6.45) is 5.08. The van der Waals surface area contributed by atoms with Gasteiger partial charge in [0, 0.05) is 4.88 Å². The minimum atomic E-state index is -0.105. The molecule has 0 unspecified atom stereocenters. The summed E-state index contributed by atoms with van der Waals surface area (Å²) in [6.45, 7) is 2.67. The molecule has 1 aliphatic carbocycles. The highest BCUT2D eigenvalue weighted by Crippen LogP contribution is 2.37. The van der Waals surface area contributed by atoms with Gasteiger partial charge in [-0.3, -0.25) is 4.79 Å². The Morgan fingerprint density at radius 2 is 2.38 bits per heavy atom. The third-order valence-electron chi connectivity index (χ3n) is 4.31. The number of furan rings is 1. The van der Waals surface area contributed by atoms with Gasteiger partial charge in [-0.15, -0.1) is 21.5 Å². The molecule has 0 saturated carbocycles. The van der Waals surface area contributed by atoms with Crippen LogP contribution in [0.5, 0.6) is 0 Å². The highest BCUT2D eigenvalue weighted by atomic mass is 32.2. The molecule has 0 aromatic carbocycles. The summed E-state index contributed by atoms with van der Waals surface area (Å²) >= 11 is 2.98. The molecule has 0 radical (unpaired) electrons. The predicted molar refractivity (Wildman–Crippen MR) is 100 cm³/mol. The number of aryl methyl sites for hydroxylation is 1. The van der Waals surface area contributed by atoms with Crippen molar-refractivity contribution in [2.24, 2.45) is 5.92 Å². The summed E-state index contributed by atoms with van der Waals surface area (Å²) in [5.41, 5.74) is 1.41. The fourth-order valence-corrected chi connectivity index (χ4v) is 4.68. The highest BCUT2D eigenvalue weighted by molar-refractivity contribution is 7.99. The minimum Gasteiger partial charge on any atom is -0.467 e. The van der Waals surface area contributed by atoms with Gasteiger partial charge in [-0.1, -0.05) is 18.7 Å². The van der Waals surface area contributed by atoms with Crippen molar-refractivity contribution in [3.63, 3.8) is 0 Å². The zero-order chi connectivity index (χ0) is 17.9. The number of fused-ring (bicyclic) bond motifs is 1. The van der Waals surface area contributed by atoms with Crippen LogP contribution in [0.15, 0.2) is 38.5 Å². The first-order valence-electron chi connectivity index (χ1n) is 8.54. The SMILES string of the molecule is C[C@@H]1CCc2sc(-c3nnc(SCC(=O)NCc4ccco4)o3)cc2C1. The van der Waals surface area contributed by atoms with Crippen LogP contribution in [0.3, 0.4) is 0 Å². The molecule has 0 saturated heterocycles. The molecule has 0 fully saturated rings. The van der Waals surface area contributed by atoms with Gasteiger partial charge in [0.2, 0.25) is 5.91 Å². The van der Waals surface area contributed by atoms with Gasteiger partial charge in [0.05, 0.1) is 23.4 Å². The second-order valence-corrected chi connectivity index (χ2v) is 8.49. The van der Waals surface area contributed by atoms with Gasteiger partial charge in [0.15, 0.2) is 0 Å². The van der Waals surface area contributed by atoms with Crippen LogP contribution >= 0.6 is 23.1 Å². The fourth-order valence-electron chi connectivity index (χ4n) is 2.96. The van der Waals surface area contributed by atoms with Crippen LogP contribution < -0.4 is 5.32 Å². The highest BCUT2D eigenvalue weighted by Gasteiger charge is 2.21. The van der Waals surface area contributed by atoms with Crippen molar-refractivity contribution in [3.05, 3.63) is 40.7 Å². The number of nitrogens with zero attached hydrogens (tertiary/aromatic N) is 2. The molecule has 6 nitrogen and oxygen atoms in total. The van der Waals surface area contributed by atoms with Crippen LogP contribution in [-0.2, 0) is 24.2 Å². The van der Waals surface area contributed by atoms with Crippen LogP contribution in [0.4, 0.5) is 0 Å². The number of hydrogen-bond acceptors (Lipinski definition) is 7. The van der Waals surface area contributed by atoms with Crippen LogP contribution in [0.1, 0.15) is 29.5 Å². The average molecular weight is 390 g/mol. The van der Waals surface area contributed by atoms with E-state index in [9.17, 15) is 4.79 Å². The van der Waals surface area contributed by atoms with E-state index in [2.05, 4.69) is 28.5 Å². The van der Waals surface area contributed by atoms with Crippen molar-refractivity contribution in [1.29, 1.82) is 0 Å². The smallest absolute Gasteiger partial charge is 0.277 e. The summed E-state index contributed by atoms with van der Waals surface area (Å²) < 4.78 is 10.9. The second kappa shape index (κ2) is 7.67. The number of amides is 1. The summed E-state index contributed by atoms with van der Waals surface area (Å²) in [4.78, 5) is 14.3. The van der Waals surface area contributed by atoms with E-state index in [-0.39, 0.29) is 11.7 Å². The lowest BCUT2D eigenvalue weighted by Gasteiger charge is -2.16. The normalized spacial score (nSPS) is 16.4. The standard InChI is InChI=1S/C18H19N3O3S2/c1-11-4-5-14-12(7-11)8-15(26-14)17-20-21-18(24-17)25-10-16(22)19-9-13-3-2-6-23-13/h2-3,6,8,11H,4-5,7,9-10H2,1H3,(H,19,22)/t11-/m1/s1. The van der Waals surface area contributed by atoms with Crippen LogP contribution in [0.2, 0.25) is 0 Å². The maximum absolute atomic E-state index is 11.9. The van der Waals surface area contributed by atoms with Crippen LogP contribution in [0, 0.1) is 5.92 Å². The van der Waals surface area contributed by atoms with E-state index >= 15 is 0 Å². The third kappa shape index (κ3) is 4.02. The Hall–Kier alpha value is -2.06. The predicted octanol–water partition coefficient (Wildman–Crippen LogP) is 3.92. The molecule has 3 aromatic rings. The van der Waals surface area contributed by atoms with E-state index < -0.39 is 0 Å². The number of thiophene rings is 1. The monoisotopic (exact) mass is 389 g/mol. The van der Waals surface area contributed by atoms with Gasteiger partial charge in [-0.2, -0.15) is 0 Å². The van der Waals surface area contributed by atoms with Gasteiger partial charge in [-0.25, -0.2) is 0 Å². The van der Waals surface area contributed by atoms with Gasteiger partial charge >= 0.3 is 0 Å². The summed E-state index contributed by atoms with van der Waals surface area (Å²) in [5, 5.41) is 11.4. The van der Waals surface area contributed by atoms with Gasteiger partial charge in [0.25, 0.3) is 11.1 Å². The Labute approximate surface area is 159 Å². The molecule has 1 amide bonds. The van der Waals surface area contributed by atoms with Gasteiger partial charge in [-0.05, 0) is 48.9 Å². The Kier molecular flexibility index (Phi) is 5.12. The molecule has 1 aliphatic rings. The van der Waals surface area contributed by atoms with Crippen molar-refractivity contribution in [1.82, 2.24) is 15.5 Å². The van der Waals surface area contributed by atoms with Crippen molar-refractivity contribution in [2.75, 3.05) is 5.75 Å². The van der Waals surface area contributed by atoms with Gasteiger partial charge < -0.3 is 14.2 Å². The molecule has 4 rings (SSSR count). The Morgan fingerprint density at radius 3 is 3.23 bits per heavy atom. The van der Waals surface area contributed by atoms with E-state index in [1.165, 1.54) is 28.6 Å². The molecular weight excluding hydrogens is 370 g/mol. The van der Waals surface area contributed by atoms with Crippen LogP contribution in [-0.4, -0.2) is 21.9 Å². The molecule has 1 atom stereocenters.